The molecule has 178 valence electrons. The normalized spacial score (nSPS) is 11.8. The summed E-state index contributed by atoms with van der Waals surface area (Å²) in [6, 6.07) is 19.1. The van der Waals surface area contributed by atoms with Crippen LogP contribution in [0.5, 0.6) is 23.0 Å². The van der Waals surface area contributed by atoms with E-state index in [1.54, 1.807) is 18.6 Å². The number of benzene rings is 3. The number of fused-ring (bicyclic) bond motifs is 3. The molecule has 0 unspecified atom stereocenters. The van der Waals surface area contributed by atoms with Crippen LogP contribution < -0.4 is 29.0 Å². The second kappa shape index (κ2) is 9.68. The molecule has 0 aliphatic rings. The highest BCUT2D eigenvalue weighted by Gasteiger charge is 2.15. The van der Waals surface area contributed by atoms with E-state index in [1.807, 2.05) is 73.7 Å². The van der Waals surface area contributed by atoms with Crippen molar-refractivity contribution in [2.45, 2.75) is 6.92 Å². The topological polar surface area (TPSA) is 71.3 Å². The molecule has 0 saturated carbocycles. The van der Waals surface area contributed by atoms with Crippen molar-refractivity contribution < 1.29 is 18.9 Å². The molecular formula is C27H24N2O5S. The number of ether oxygens (including phenoxy) is 4. The van der Waals surface area contributed by atoms with E-state index in [0.29, 0.717) is 40.0 Å². The van der Waals surface area contributed by atoms with E-state index in [1.165, 1.54) is 11.3 Å². The molecule has 0 atom stereocenters. The molecule has 5 rings (SSSR count). The Hall–Kier alpha value is -4.04. The Morgan fingerprint density at radius 2 is 1.69 bits per heavy atom. The summed E-state index contributed by atoms with van der Waals surface area (Å²) in [5.41, 5.74) is 3.39. The van der Waals surface area contributed by atoms with Crippen molar-refractivity contribution in [3.05, 3.63) is 86.7 Å². The van der Waals surface area contributed by atoms with Gasteiger partial charge in [-0.05, 0) is 60.5 Å². The van der Waals surface area contributed by atoms with Crippen molar-refractivity contribution in [2.75, 3.05) is 27.4 Å². The van der Waals surface area contributed by atoms with Crippen LogP contribution >= 0.6 is 11.3 Å². The van der Waals surface area contributed by atoms with Gasteiger partial charge in [0.2, 0.25) is 5.75 Å². The maximum Gasteiger partial charge on any atom is 0.274 e. The largest absolute Gasteiger partial charge is 0.493 e. The van der Waals surface area contributed by atoms with Gasteiger partial charge in [-0.1, -0.05) is 35.6 Å². The van der Waals surface area contributed by atoms with Gasteiger partial charge in [0.25, 0.3) is 5.56 Å². The predicted octanol–water partition coefficient (Wildman–Crippen LogP) is 4.24. The SMILES string of the molecule is COc1cc(C=c2sc3nc4ccccc4n3c2=O)cc(OC)c1OCCOc1cccc(C)c1. The summed E-state index contributed by atoms with van der Waals surface area (Å²) in [7, 11) is 3.14. The highest BCUT2D eigenvalue weighted by atomic mass is 32.1. The third-order valence-electron chi connectivity index (χ3n) is 5.51. The summed E-state index contributed by atoms with van der Waals surface area (Å²) in [4.78, 5) is 18.3. The number of hydrogen-bond acceptors (Lipinski definition) is 7. The molecule has 0 fully saturated rings. The van der Waals surface area contributed by atoms with Crippen LogP contribution in [0.15, 0.2) is 65.5 Å². The molecule has 3 aromatic carbocycles. The van der Waals surface area contributed by atoms with E-state index in [-0.39, 0.29) is 5.56 Å². The lowest BCUT2D eigenvalue weighted by Gasteiger charge is -2.15. The highest BCUT2D eigenvalue weighted by molar-refractivity contribution is 7.15. The van der Waals surface area contributed by atoms with E-state index in [2.05, 4.69) is 4.98 Å². The molecule has 0 amide bonds. The monoisotopic (exact) mass is 488 g/mol. The number of imidazole rings is 1. The number of methoxy groups -OCH3 is 2. The molecule has 35 heavy (non-hydrogen) atoms. The summed E-state index contributed by atoms with van der Waals surface area (Å²) < 4.78 is 25.1. The van der Waals surface area contributed by atoms with Crippen molar-refractivity contribution in [3.63, 3.8) is 0 Å². The molecule has 0 bridgehead atoms. The van der Waals surface area contributed by atoms with Crippen LogP contribution in [0, 0.1) is 6.92 Å². The van der Waals surface area contributed by atoms with Gasteiger partial charge in [-0.3, -0.25) is 4.79 Å². The molecule has 0 spiro atoms. The molecule has 0 saturated heterocycles. The first-order valence-electron chi connectivity index (χ1n) is 11.1. The summed E-state index contributed by atoms with van der Waals surface area (Å²) in [6.45, 7) is 2.69. The summed E-state index contributed by atoms with van der Waals surface area (Å²) in [5, 5.41) is 0. The first-order chi connectivity index (χ1) is 17.1. The Kier molecular flexibility index (Phi) is 6.29. The Morgan fingerprint density at radius 1 is 0.943 bits per heavy atom. The lowest BCUT2D eigenvalue weighted by atomic mass is 10.1. The van der Waals surface area contributed by atoms with Crippen molar-refractivity contribution in [1.82, 2.24) is 9.38 Å². The second-order valence-corrected chi connectivity index (χ2v) is 8.91. The van der Waals surface area contributed by atoms with Gasteiger partial charge >= 0.3 is 0 Å². The van der Waals surface area contributed by atoms with Crippen molar-refractivity contribution in [3.8, 4) is 23.0 Å². The number of nitrogens with zero attached hydrogens (tertiary/aromatic N) is 2. The summed E-state index contributed by atoms with van der Waals surface area (Å²) in [5.74, 6) is 2.28. The zero-order valence-electron chi connectivity index (χ0n) is 19.6. The van der Waals surface area contributed by atoms with Crippen LogP contribution in [0.3, 0.4) is 0 Å². The number of aromatic nitrogens is 2. The Bertz CT molecular complexity index is 1600. The number of rotatable bonds is 8. The van der Waals surface area contributed by atoms with E-state index in [4.69, 9.17) is 18.9 Å². The molecule has 0 aliphatic heterocycles. The van der Waals surface area contributed by atoms with Crippen LogP contribution in [0.1, 0.15) is 11.1 Å². The number of hydrogen-bond donors (Lipinski definition) is 0. The molecular weight excluding hydrogens is 464 g/mol. The fraction of sp³-hybridized carbons (Fsp3) is 0.185. The van der Waals surface area contributed by atoms with Gasteiger partial charge < -0.3 is 18.9 Å². The minimum atomic E-state index is -0.106. The summed E-state index contributed by atoms with van der Waals surface area (Å²) in [6.07, 6.45) is 1.81. The lowest BCUT2D eigenvalue weighted by Crippen LogP contribution is -2.22. The fourth-order valence-corrected chi connectivity index (χ4v) is 4.88. The van der Waals surface area contributed by atoms with E-state index < -0.39 is 0 Å². The van der Waals surface area contributed by atoms with Gasteiger partial charge in [-0.2, -0.15) is 0 Å². The Labute approximate surface area is 205 Å². The molecule has 2 heterocycles. The third kappa shape index (κ3) is 4.52. The van der Waals surface area contributed by atoms with Gasteiger partial charge in [0.1, 0.15) is 19.0 Å². The van der Waals surface area contributed by atoms with E-state index >= 15 is 0 Å². The smallest absolute Gasteiger partial charge is 0.274 e. The number of aryl methyl sites for hydroxylation is 1. The highest BCUT2D eigenvalue weighted by Crippen LogP contribution is 2.38. The molecule has 7 nitrogen and oxygen atoms in total. The second-order valence-electron chi connectivity index (χ2n) is 7.90. The van der Waals surface area contributed by atoms with Crippen molar-refractivity contribution >= 4 is 33.4 Å². The van der Waals surface area contributed by atoms with E-state index in [9.17, 15) is 4.79 Å². The van der Waals surface area contributed by atoms with Crippen LogP contribution in [-0.4, -0.2) is 36.8 Å². The maximum atomic E-state index is 13.1. The van der Waals surface area contributed by atoms with Crippen LogP contribution in [-0.2, 0) is 0 Å². The Balaban J connectivity index is 1.41. The first kappa shape index (κ1) is 22.7. The zero-order chi connectivity index (χ0) is 24.4. The first-order valence-corrected chi connectivity index (χ1v) is 11.9. The van der Waals surface area contributed by atoms with Crippen molar-refractivity contribution in [2.24, 2.45) is 0 Å². The maximum absolute atomic E-state index is 13.1. The number of para-hydroxylation sites is 2. The third-order valence-corrected chi connectivity index (χ3v) is 6.48. The summed E-state index contributed by atoms with van der Waals surface area (Å²) >= 11 is 1.35. The average Bonchev–Trinajstić information content (AvgIpc) is 3.37. The van der Waals surface area contributed by atoms with Crippen LogP contribution in [0.2, 0.25) is 0 Å². The van der Waals surface area contributed by atoms with Crippen LogP contribution in [0.25, 0.3) is 22.1 Å². The zero-order valence-corrected chi connectivity index (χ0v) is 20.4. The van der Waals surface area contributed by atoms with Gasteiger partial charge in [0.15, 0.2) is 16.5 Å². The standard InChI is InChI=1S/C27H24N2O5S/c1-17-7-6-8-19(13-17)33-11-12-34-25-22(31-2)14-18(15-23(25)32-3)16-24-26(30)29-21-10-5-4-9-20(21)28-27(29)35-24/h4-10,13-16H,11-12H2,1-3H3. The average molecular weight is 489 g/mol. The van der Waals surface area contributed by atoms with Gasteiger partial charge in [0.05, 0.1) is 29.8 Å². The van der Waals surface area contributed by atoms with Crippen molar-refractivity contribution in [1.29, 1.82) is 0 Å². The molecule has 0 aliphatic carbocycles. The molecule has 2 aromatic heterocycles. The molecule has 0 radical (unpaired) electrons. The van der Waals surface area contributed by atoms with Gasteiger partial charge in [-0.15, -0.1) is 0 Å². The quantitative estimate of drug-likeness (QED) is 0.304. The molecule has 0 N–H and O–H groups in total. The minimum Gasteiger partial charge on any atom is -0.493 e. The van der Waals surface area contributed by atoms with Gasteiger partial charge in [0, 0.05) is 0 Å². The molecule has 8 heteroatoms. The number of thiazole rings is 1. The van der Waals surface area contributed by atoms with Crippen LogP contribution in [0.4, 0.5) is 0 Å². The fourth-order valence-electron chi connectivity index (χ4n) is 3.90. The Morgan fingerprint density at radius 3 is 2.43 bits per heavy atom. The minimum absolute atomic E-state index is 0.106. The molecule has 5 aromatic rings. The van der Waals surface area contributed by atoms with E-state index in [0.717, 1.165) is 27.9 Å². The predicted molar refractivity (Wildman–Crippen MR) is 137 cm³/mol. The van der Waals surface area contributed by atoms with Gasteiger partial charge in [-0.25, -0.2) is 9.38 Å². The lowest BCUT2D eigenvalue weighted by molar-refractivity contribution is 0.205.